The molecule has 0 unspecified atom stereocenters. The van der Waals surface area contributed by atoms with E-state index in [4.69, 9.17) is 12.2 Å². The molecule has 0 aromatic carbocycles. The van der Waals surface area contributed by atoms with Crippen molar-refractivity contribution in [1.29, 1.82) is 0 Å². The van der Waals surface area contributed by atoms with Crippen LogP contribution in [-0.2, 0) is 6.42 Å². The second-order valence-corrected chi connectivity index (χ2v) is 3.37. The first-order valence-corrected chi connectivity index (χ1v) is 4.93. The number of nitrogens with zero attached hydrogens (tertiary/aromatic N) is 2. The van der Waals surface area contributed by atoms with E-state index in [0.29, 0.717) is 0 Å². The van der Waals surface area contributed by atoms with Crippen molar-refractivity contribution in [3.8, 4) is 5.69 Å². The standard InChI is InChI=1S/C10H11N3S/c1-2-8-7-12-10(14)13(8)9-4-3-5-11-6-9/h3-7H,2H2,1H3,(H,12,14). The third-order valence-corrected chi connectivity index (χ3v) is 2.42. The highest BCUT2D eigenvalue weighted by atomic mass is 32.1. The highest BCUT2D eigenvalue weighted by Gasteiger charge is 2.03. The average molecular weight is 205 g/mol. The minimum Gasteiger partial charge on any atom is -0.337 e. The van der Waals surface area contributed by atoms with Gasteiger partial charge in [-0.15, -0.1) is 0 Å². The molecule has 4 heteroatoms. The van der Waals surface area contributed by atoms with Gasteiger partial charge in [-0.25, -0.2) is 0 Å². The van der Waals surface area contributed by atoms with E-state index in [1.807, 2.05) is 29.1 Å². The summed E-state index contributed by atoms with van der Waals surface area (Å²) >= 11 is 5.20. The summed E-state index contributed by atoms with van der Waals surface area (Å²) in [6, 6.07) is 3.90. The van der Waals surface area contributed by atoms with E-state index in [-0.39, 0.29) is 0 Å². The van der Waals surface area contributed by atoms with Gasteiger partial charge in [0.25, 0.3) is 0 Å². The van der Waals surface area contributed by atoms with Gasteiger partial charge in [-0.1, -0.05) is 6.92 Å². The highest BCUT2D eigenvalue weighted by molar-refractivity contribution is 7.71. The van der Waals surface area contributed by atoms with Crippen LogP contribution in [-0.4, -0.2) is 14.5 Å². The van der Waals surface area contributed by atoms with Gasteiger partial charge in [0, 0.05) is 18.1 Å². The molecular formula is C10H11N3S. The van der Waals surface area contributed by atoms with Crippen LogP contribution in [0.4, 0.5) is 0 Å². The van der Waals surface area contributed by atoms with Crippen molar-refractivity contribution >= 4 is 12.2 Å². The highest BCUT2D eigenvalue weighted by Crippen LogP contribution is 2.11. The van der Waals surface area contributed by atoms with Gasteiger partial charge in [0.1, 0.15) is 0 Å². The molecule has 0 radical (unpaired) electrons. The Labute approximate surface area is 87.4 Å². The van der Waals surface area contributed by atoms with Gasteiger partial charge < -0.3 is 4.98 Å². The second-order valence-electron chi connectivity index (χ2n) is 2.99. The molecule has 0 saturated heterocycles. The predicted molar refractivity (Wildman–Crippen MR) is 58.1 cm³/mol. The number of imidazole rings is 1. The summed E-state index contributed by atoms with van der Waals surface area (Å²) < 4.78 is 2.72. The van der Waals surface area contributed by atoms with Crippen LogP contribution in [0.2, 0.25) is 0 Å². The maximum atomic E-state index is 5.20. The number of hydrogen-bond donors (Lipinski definition) is 1. The Morgan fingerprint density at radius 2 is 2.43 bits per heavy atom. The van der Waals surface area contributed by atoms with E-state index in [1.54, 1.807) is 6.20 Å². The normalized spacial score (nSPS) is 10.4. The molecule has 0 amide bonds. The number of pyridine rings is 1. The molecule has 2 aromatic rings. The summed E-state index contributed by atoms with van der Waals surface area (Å²) in [5, 5.41) is 0. The average Bonchev–Trinajstić information content (AvgIpc) is 2.61. The number of rotatable bonds is 2. The molecule has 0 fully saturated rings. The lowest BCUT2D eigenvalue weighted by Crippen LogP contribution is -1.99. The molecular weight excluding hydrogens is 194 g/mol. The number of aryl methyl sites for hydroxylation is 1. The minimum atomic E-state index is 0.717. The van der Waals surface area contributed by atoms with Crippen LogP contribution < -0.4 is 0 Å². The summed E-state index contributed by atoms with van der Waals surface area (Å²) in [7, 11) is 0. The lowest BCUT2D eigenvalue weighted by atomic mass is 10.3. The van der Waals surface area contributed by atoms with Crippen molar-refractivity contribution in [1.82, 2.24) is 14.5 Å². The zero-order chi connectivity index (χ0) is 9.97. The number of nitrogens with one attached hydrogen (secondary N) is 1. The predicted octanol–water partition coefficient (Wildman–Crippen LogP) is 2.49. The molecule has 72 valence electrons. The van der Waals surface area contributed by atoms with Crippen molar-refractivity contribution in [3.05, 3.63) is 41.2 Å². The Morgan fingerprint density at radius 1 is 1.57 bits per heavy atom. The molecule has 1 N–H and O–H groups in total. The Bertz CT molecular complexity index is 470. The molecule has 0 aliphatic carbocycles. The number of hydrogen-bond acceptors (Lipinski definition) is 2. The molecule has 0 aliphatic rings. The number of aromatic nitrogens is 3. The van der Waals surface area contributed by atoms with Crippen molar-refractivity contribution in [2.45, 2.75) is 13.3 Å². The minimum absolute atomic E-state index is 0.717. The van der Waals surface area contributed by atoms with Crippen LogP contribution in [0.5, 0.6) is 0 Å². The van der Waals surface area contributed by atoms with Crippen LogP contribution in [0.3, 0.4) is 0 Å². The fraction of sp³-hybridized carbons (Fsp3) is 0.200. The third kappa shape index (κ3) is 1.48. The molecule has 0 spiro atoms. The SMILES string of the molecule is CCc1c[nH]c(=S)n1-c1cccnc1. The molecule has 14 heavy (non-hydrogen) atoms. The third-order valence-electron chi connectivity index (χ3n) is 2.12. The molecule has 3 nitrogen and oxygen atoms in total. The molecule has 2 aromatic heterocycles. The van der Waals surface area contributed by atoms with E-state index >= 15 is 0 Å². The van der Waals surface area contributed by atoms with E-state index in [2.05, 4.69) is 16.9 Å². The van der Waals surface area contributed by atoms with Crippen molar-refractivity contribution in [2.24, 2.45) is 0 Å². The van der Waals surface area contributed by atoms with Gasteiger partial charge in [-0.3, -0.25) is 9.55 Å². The first-order chi connectivity index (χ1) is 6.83. The van der Waals surface area contributed by atoms with E-state index in [9.17, 15) is 0 Å². The van der Waals surface area contributed by atoms with Gasteiger partial charge >= 0.3 is 0 Å². The van der Waals surface area contributed by atoms with Crippen LogP contribution in [0, 0.1) is 4.77 Å². The zero-order valence-corrected chi connectivity index (χ0v) is 8.71. The maximum absolute atomic E-state index is 5.20. The van der Waals surface area contributed by atoms with Crippen molar-refractivity contribution < 1.29 is 0 Å². The van der Waals surface area contributed by atoms with Crippen LogP contribution >= 0.6 is 12.2 Å². The van der Waals surface area contributed by atoms with Gasteiger partial charge in [-0.05, 0) is 30.8 Å². The van der Waals surface area contributed by atoms with E-state index in [1.165, 1.54) is 5.69 Å². The summed E-state index contributed by atoms with van der Waals surface area (Å²) in [5.41, 5.74) is 2.18. The first kappa shape index (κ1) is 9.15. The van der Waals surface area contributed by atoms with E-state index in [0.717, 1.165) is 16.9 Å². The Balaban J connectivity index is 2.61. The summed E-state index contributed by atoms with van der Waals surface area (Å²) in [4.78, 5) is 7.11. The topological polar surface area (TPSA) is 33.6 Å². The van der Waals surface area contributed by atoms with Gasteiger partial charge in [-0.2, -0.15) is 0 Å². The molecule has 2 heterocycles. The molecule has 0 bridgehead atoms. The second kappa shape index (κ2) is 3.75. The Kier molecular flexibility index (Phi) is 2.45. The van der Waals surface area contributed by atoms with Crippen LogP contribution in [0.1, 0.15) is 12.6 Å². The lowest BCUT2D eigenvalue weighted by Gasteiger charge is -2.04. The van der Waals surface area contributed by atoms with Crippen molar-refractivity contribution in [2.75, 3.05) is 0 Å². The Hall–Kier alpha value is -1.42. The quantitative estimate of drug-likeness (QED) is 0.764. The molecule has 0 aliphatic heterocycles. The largest absolute Gasteiger partial charge is 0.337 e. The first-order valence-electron chi connectivity index (χ1n) is 4.52. The van der Waals surface area contributed by atoms with Gasteiger partial charge in [0.2, 0.25) is 0 Å². The fourth-order valence-electron chi connectivity index (χ4n) is 1.43. The zero-order valence-electron chi connectivity index (χ0n) is 7.90. The van der Waals surface area contributed by atoms with E-state index < -0.39 is 0 Å². The number of aromatic amines is 1. The monoisotopic (exact) mass is 205 g/mol. The smallest absolute Gasteiger partial charge is 0.182 e. The van der Waals surface area contributed by atoms with Crippen molar-refractivity contribution in [3.63, 3.8) is 0 Å². The van der Waals surface area contributed by atoms with Crippen LogP contribution in [0.25, 0.3) is 5.69 Å². The van der Waals surface area contributed by atoms with Gasteiger partial charge in [0.05, 0.1) is 11.9 Å². The maximum Gasteiger partial charge on any atom is 0.182 e. The summed E-state index contributed by atoms with van der Waals surface area (Å²) in [6.07, 6.45) is 6.45. The molecule has 0 atom stereocenters. The summed E-state index contributed by atoms with van der Waals surface area (Å²) in [6.45, 7) is 2.10. The molecule has 0 saturated carbocycles. The number of H-pyrrole nitrogens is 1. The van der Waals surface area contributed by atoms with Gasteiger partial charge in [0.15, 0.2) is 4.77 Å². The Morgan fingerprint density at radius 3 is 3.07 bits per heavy atom. The summed E-state index contributed by atoms with van der Waals surface area (Å²) in [5.74, 6) is 0. The van der Waals surface area contributed by atoms with Crippen LogP contribution in [0.15, 0.2) is 30.7 Å². The lowest BCUT2D eigenvalue weighted by molar-refractivity contribution is 0.915. The fourth-order valence-corrected chi connectivity index (χ4v) is 1.72. The molecule has 2 rings (SSSR count).